The predicted octanol–water partition coefficient (Wildman–Crippen LogP) is 1.65. The Morgan fingerprint density at radius 2 is 2.12 bits per heavy atom. The molecule has 1 N–H and O–H groups in total. The highest BCUT2D eigenvalue weighted by atomic mass is 32.1. The van der Waals surface area contributed by atoms with Crippen molar-refractivity contribution >= 4 is 11.3 Å². The molecule has 1 aliphatic rings. The average Bonchev–Trinajstić information content (AvgIpc) is 2.85. The van der Waals surface area contributed by atoms with Gasteiger partial charge in [0.15, 0.2) is 0 Å². The quantitative estimate of drug-likeness (QED) is 0.861. The molecule has 1 aromatic rings. The lowest BCUT2D eigenvalue weighted by molar-refractivity contribution is 0.154. The molecule has 1 atom stereocenters. The topological polar surface area (TPSA) is 18.5 Å². The highest BCUT2D eigenvalue weighted by Gasteiger charge is 2.13. The zero-order valence-electron chi connectivity index (χ0n) is 10.9. The van der Waals surface area contributed by atoms with Crippen LogP contribution in [0.2, 0.25) is 0 Å². The molecule has 3 nitrogen and oxygen atoms in total. The summed E-state index contributed by atoms with van der Waals surface area (Å²) in [4.78, 5) is 6.38. The molecule has 0 saturated carbocycles. The number of nitrogens with zero attached hydrogens (tertiary/aromatic N) is 2. The van der Waals surface area contributed by atoms with E-state index < -0.39 is 0 Å². The first-order chi connectivity index (χ1) is 8.25. The average molecular weight is 253 g/mol. The van der Waals surface area contributed by atoms with Crippen LogP contribution in [0.15, 0.2) is 17.5 Å². The molecular weight excluding hydrogens is 230 g/mol. The summed E-state index contributed by atoms with van der Waals surface area (Å²) in [5, 5.41) is 5.75. The first kappa shape index (κ1) is 13.0. The summed E-state index contributed by atoms with van der Waals surface area (Å²) < 4.78 is 0. The number of hydrogen-bond acceptors (Lipinski definition) is 4. The Morgan fingerprint density at radius 3 is 2.76 bits per heavy atom. The molecule has 0 spiro atoms. The molecule has 0 bridgehead atoms. The van der Waals surface area contributed by atoms with Crippen molar-refractivity contribution in [1.29, 1.82) is 0 Å². The number of rotatable bonds is 5. The van der Waals surface area contributed by atoms with Crippen LogP contribution in [0, 0.1) is 0 Å². The first-order valence-corrected chi connectivity index (χ1v) is 7.31. The molecule has 1 saturated heterocycles. The largest absolute Gasteiger partial charge is 0.308 e. The van der Waals surface area contributed by atoms with Crippen molar-refractivity contribution in [3.05, 3.63) is 22.4 Å². The van der Waals surface area contributed by atoms with Gasteiger partial charge in [-0.15, -0.1) is 11.3 Å². The van der Waals surface area contributed by atoms with Gasteiger partial charge in [0.05, 0.1) is 0 Å². The minimum atomic E-state index is 0.488. The zero-order valence-corrected chi connectivity index (χ0v) is 11.7. The van der Waals surface area contributed by atoms with Gasteiger partial charge in [0.2, 0.25) is 0 Å². The molecule has 0 unspecified atom stereocenters. The van der Waals surface area contributed by atoms with Crippen molar-refractivity contribution in [3.63, 3.8) is 0 Å². The molecule has 0 radical (unpaired) electrons. The summed E-state index contributed by atoms with van der Waals surface area (Å²) in [5.74, 6) is 0. The van der Waals surface area contributed by atoms with Crippen molar-refractivity contribution in [2.24, 2.45) is 0 Å². The molecule has 1 aromatic heterocycles. The molecule has 96 valence electrons. The van der Waals surface area contributed by atoms with E-state index in [9.17, 15) is 0 Å². The Labute approximate surface area is 108 Å². The van der Waals surface area contributed by atoms with Crippen LogP contribution in [0.3, 0.4) is 0 Å². The maximum atomic E-state index is 3.60. The lowest BCUT2D eigenvalue weighted by Gasteiger charge is -2.32. The van der Waals surface area contributed by atoms with Crippen LogP contribution in [0.4, 0.5) is 0 Å². The fourth-order valence-electron chi connectivity index (χ4n) is 2.15. The summed E-state index contributed by atoms with van der Waals surface area (Å²) in [5.41, 5.74) is 0. The third-order valence-electron chi connectivity index (χ3n) is 3.44. The monoisotopic (exact) mass is 253 g/mol. The minimum absolute atomic E-state index is 0.488. The number of piperazine rings is 1. The SMILES string of the molecule is C[C@@H](NCCN1CCN(C)CC1)c1cccs1. The molecule has 1 aliphatic heterocycles. The van der Waals surface area contributed by atoms with E-state index in [-0.39, 0.29) is 0 Å². The maximum Gasteiger partial charge on any atom is 0.0386 e. The second-order valence-electron chi connectivity index (χ2n) is 4.84. The molecule has 1 fully saturated rings. The van der Waals surface area contributed by atoms with Crippen molar-refractivity contribution < 1.29 is 0 Å². The van der Waals surface area contributed by atoms with Gasteiger partial charge in [0.25, 0.3) is 0 Å². The van der Waals surface area contributed by atoms with Gasteiger partial charge in [-0.3, -0.25) is 4.90 Å². The van der Waals surface area contributed by atoms with Crippen LogP contribution in [0.5, 0.6) is 0 Å². The molecule has 2 rings (SSSR count). The molecule has 0 aromatic carbocycles. The van der Waals surface area contributed by atoms with Crippen molar-refractivity contribution in [2.75, 3.05) is 46.3 Å². The Bertz CT molecular complexity index is 304. The van der Waals surface area contributed by atoms with Gasteiger partial charge in [0, 0.05) is 50.2 Å². The van der Waals surface area contributed by atoms with Crippen LogP contribution in [-0.2, 0) is 0 Å². The lowest BCUT2D eigenvalue weighted by Crippen LogP contribution is -2.46. The van der Waals surface area contributed by atoms with Crippen LogP contribution in [0.1, 0.15) is 17.8 Å². The van der Waals surface area contributed by atoms with E-state index >= 15 is 0 Å². The molecular formula is C13H23N3S. The Balaban J connectivity index is 1.63. The minimum Gasteiger partial charge on any atom is -0.308 e. The number of thiophene rings is 1. The zero-order chi connectivity index (χ0) is 12.1. The van der Waals surface area contributed by atoms with Gasteiger partial charge in [-0.1, -0.05) is 6.07 Å². The van der Waals surface area contributed by atoms with Crippen LogP contribution >= 0.6 is 11.3 Å². The second kappa shape index (κ2) is 6.50. The molecule has 4 heteroatoms. The van der Waals surface area contributed by atoms with Gasteiger partial charge >= 0.3 is 0 Å². The number of hydrogen-bond donors (Lipinski definition) is 1. The van der Waals surface area contributed by atoms with Crippen LogP contribution in [0.25, 0.3) is 0 Å². The molecule has 0 amide bonds. The summed E-state index contributed by atoms with van der Waals surface area (Å²) >= 11 is 1.83. The molecule has 0 aliphatic carbocycles. The van der Waals surface area contributed by atoms with Gasteiger partial charge in [-0.2, -0.15) is 0 Å². The highest BCUT2D eigenvalue weighted by molar-refractivity contribution is 7.10. The smallest absolute Gasteiger partial charge is 0.0386 e. The van der Waals surface area contributed by atoms with E-state index in [0.717, 1.165) is 6.54 Å². The summed E-state index contributed by atoms with van der Waals surface area (Å²) in [6.07, 6.45) is 0. The third-order valence-corrected chi connectivity index (χ3v) is 4.50. The van der Waals surface area contributed by atoms with Gasteiger partial charge in [0.1, 0.15) is 0 Å². The summed E-state index contributed by atoms with van der Waals surface area (Å²) in [6, 6.07) is 4.82. The van der Waals surface area contributed by atoms with Crippen molar-refractivity contribution in [3.8, 4) is 0 Å². The van der Waals surface area contributed by atoms with E-state index in [1.165, 1.54) is 37.6 Å². The van der Waals surface area contributed by atoms with E-state index in [1.807, 2.05) is 11.3 Å². The van der Waals surface area contributed by atoms with Gasteiger partial charge < -0.3 is 10.2 Å². The van der Waals surface area contributed by atoms with Crippen molar-refractivity contribution in [1.82, 2.24) is 15.1 Å². The van der Waals surface area contributed by atoms with E-state index in [0.29, 0.717) is 6.04 Å². The fraction of sp³-hybridized carbons (Fsp3) is 0.692. The number of likely N-dealkylation sites (N-methyl/N-ethyl adjacent to an activating group) is 1. The fourth-order valence-corrected chi connectivity index (χ4v) is 2.91. The van der Waals surface area contributed by atoms with E-state index in [2.05, 4.69) is 46.6 Å². The Kier molecular flexibility index (Phi) is 4.98. The Hall–Kier alpha value is -0.420. The van der Waals surface area contributed by atoms with Gasteiger partial charge in [-0.05, 0) is 25.4 Å². The van der Waals surface area contributed by atoms with E-state index in [4.69, 9.17) is 0 Å². The highest BCUT2D eigenvalue weighted by Crippen LogP contribution is 2.17. The third kappa shape index (κ3) is 4.07. The van der Waals surface area contributed by atoms with Gasteiger partial charge in [-0.25, -0.2) is 0 Å². The van der Waals surface area contributed by atoms with E-state index in [1.54, 1.807) is 0 Å². The lowest BCUT2D eigenvalue weighted by atomic mass is 10.2. The molecule has 2 heterocycles. The molecule has 17 heavy (non-hydrogen) atoms. The second-order valence-corrected chi connectivity index (χ2v) is 5.82. The maximum absolute atomic E-state index is 3.60. The normalized spacial score (nSPS) is 20.6. The predicted molar refractivity (Wildman–Crippen MR) is 74.7 cm³/mol. The first-order valence-electron chi connectivity index (χ1n) is 6.43. The van der Waals surface area contributed by atoms with Crippen molar-refractivity contribution in [2.45, 2.75) is 13.0 Å². The summed E-state index contributed by atoms with van der Waals surface area (Å²) in [7, 11) is 2.20. The Morgan fingerprint density at radius 1 is 1.35 bits per heavy atom. The summed E-state index contributed by atoms with van der Waals surface area (Å²) in [6.45, 7) is 9.35. The van der Waals surface area contributed by atoms with Crippen LogP contribution in [-0.4, -0.2) is 56.1 Å². The van der Waals surface area contributed by atoms with Crippen LogP contribution < -0.4 is 5.32 Å². The standard InChI is InChI=1S/C13H23N3S/c1-12(13-4-3-11-17-13)14-5-6-16-9-7-15(2)8-10-16/h3-4,11-12,14H,5-10H2,1-2H3/t12-/m1/s1. The number of nitrogens with one attached hydrogen (secondary N) is 1.